The third kappa shape index (κ3) is 3.84. The van der Waals surface area contributed by atoms with E-state index >= 15 is 0 Å². The highest BCUT2D eigenvalue weighted by Gasteiger charge is 2.24. The molecule has 6 rings (SSSR count). The van der Waals surface area contributed by atoms with Crippen molar-refractivity contribution >= 4 is 16.9 Å². The van der Waals surface area contributed by atoms with Gasteiger partial charge < -0.3 is 20.1 Å². The number of methoxy groups -OCH3 is 1. The fourth-order valence-electron chi connectivity index (χ4n) is 4.89. The molecule has 1 atom stereocenters. The van der Waals surface area contributed by atoms with Crippen LogP contribution in [0.4, 0.5) is 0 Å². The summed E-state index contributed by atoms with van der Waals surface area (Å²) in [6, 6.07) is 22.7. The Kier molecular flexibility index (Phi) is 5.37. The van der Waals surface area contributed by atoms with Gasteiger partial charge in [-0.25, -0.2) is 9.97 Å². The van der Waals surface area contributed by atoms with Gasteiger partial charge in [-0.2, -0.15) is 0 Å². The first-order valence-electron chi connectivity index (χ1n) is 11.8. The second-order valence-corrected chi connectivity index (χ2v) is 8.87. The van der Waals surface area contributed by atoms with Gasteiger partial charge in [-0.1, -0.05) is 30.3 Å². The molecule has 36 heavy (non-hydrogen) atoms. The van der Waals surface area contributed by atoms with E-state index in [4.69, 9.17) is 4.74 Å². The summed E-state index contributed by atoms with van der Waals surface area (Å²) < 4.78 is 5.39. The van der Waals surface area contributed by atoms with E-state index in [2.05, 4.69) is 32.4 Å². The van der Waals surface area contributed by atoms with Gasteiger partial charge in [0.05, 0.1) is 29.7 Å². The zero-order chi connectivity index (χ0) is 24.6. The first-order valence-corrected chi connectivity index (χ1v) is 11.8. The van der Waals surface area contributed by atoms with Crippen molar-refractivity contribution in [3.05, 3.63) is 95.7 Å². The summed E-state index contributed by atoms with van der Waals surface area (Å²) in [5, 5.41) is 13.8. The highest BCUT2D eigenvalue weighted by Crippen LogP contribution is 2.36. The number of fused-ring (bicyclic) bond motifs is 2. The first-order chi connectivity index (χ1) is 17.6. The number of ether oxygens (including phenoxy) is 1. The molecule has 0 radical (unpaired) electrons. The lowest BCUT2D eigenvalue weighted by Crippen LogP contribution is -2.27. The maximum Gasteiger partial charge on any atom is 0.251 e. The topological polar surface area (TPSA) is 100 Å². The average molecular weight is 477 g/mol. The van der Waals surface area contributed by atoms with Gasteiger partial charge >= 0.3 is 0 Å². The normalized spacial score (nSPS) is 14.5. The largest absolute Gasteiger partial charge is 0.507 e. The number of hydrogen-bond acceptors (Lipinski definition) is 5. The number of aryl methyl sites for hydroxylation is 1. The lowest BCUT2D eigenvalue weighted by Gasteiger charge is -2.14. The van der Waals surface area contributed by atoms with E-state index in [0.29, 0.717) is 33.9 Å². The molecule has 2 heterocycles. The number of pyridine rings is 1. The minimum Gasteiger partial charge on any atom is -0.507 e. The molecule has 1 amide bonds. The number of imidazole rings is 1. The number of hydrogen-bond donors (Lipinski definition) is 3. The Labute approximate surface area is 207 Å². The molecule has 0 saturated carbocycles. The number of benzene rings is 3. The number of rotatable bonds is 5. The van der Waals surface area contributed by atoms with Crippen molar-refractivity contribution in [2.75, 3.05) is 7.11 Å². The highest BCUT2D eigenvalue weighted by molar-refractivity contribution is 5.98. The number of nitrogens with one attached hydrogen (secondary N) is 2. The molecular formula is C29H24N4O3. The van der Waals surface area contributed by atoms with Crippen LogP contribution in [-0.4, -0.2) is 33.1 Å². The van der Waals surface area contributed by atoms with E-state index in [1.54, 1.807) is 31.5 Å². The van der Waals surface area contributed by atoms with Crippen molar-refractivity contribution in [1.82, 2.24) is 20.3 Å². The molecule has 0 fully saturated rings. The van der Waals surface area contributed by atoms with E-state index in [1.165, 1.54) is 11.1 Å². The van der Waals surface area contributed by atoms with E-state index in [0.717, 1.165) is 24.0 Å². The predicted octanol–water partition coefficient (Wildman–Crippen LogP) is 5.42. The molecule has 1 aliphatic rings. The zero-order valence-electron chi connectivity index (χ0n) is 19.7. The van der Waals surface area contributed by atoms with Crippen molar-refractivity contribution in [1.29, 1.82) is 0 Å². The predicted molar refractivity (Wildman–Crippen MR) is 138 cm³/mol. The van der Waals surface area contributed by atoms with Crippen LogP contribution in [0.3, 0.4) is 0 Å². The van der Waals surface area contributed by atoms with Crippen LogP contribution in [0.2, 0.25) is 0 Å². The Morgan fingerprint density at radius 1 is 1.06 bits per heavy atom. The van der Waals surface area contributed by atoms with Crippen LogP contribution in [0.15, 0.2) is 79.0 Å². The number of carbonyl (C=O) groups excluding carboxylic acids is 1. The second kappa shape index (κ2) is 8.85. The van der Waals surface area contributed by atoms with Gasteiger partial charge in [0.2, 0.25) is 5.88 Å². The molecule has 1 aliphatic carbocycles. The van der Waals surface area contributed by atoms with Gasteiger partial charge in [-0.05, 0) is 72.0 Å². The first kappa shape index (κ1) is 21.9. The summed E-state index contributed by atoms with van der Waals surface area (Å²) in [6.07, 6.45) is 3.54. The van der Waals surface area contributed by atoms with E-state index < -0.39 is 0 Å². The quantitative estimate of drug-likeness (QED) is 0.314. The van der Waals surface area contributed by atoms with Gasteiger partial charge in [0.1, 0.15) is 11.6 Å². The van der Waals surface area contributed by atoms with Crippen LogP contribution in [0.25, 0.3) is 33.5 Å². The Bertz CT molecular complexity index is 1610. The number of carbonyl (C=O) groups is 1. The number of nitrogens with zero attached hydrogens (tertiary/aromatic N) is 2. The lowest BCUT2D eigenvalue weighted by molar-refractivity contribution is 0.0937. The molecule has 5 aromatic rings. The third-order valence-corrected chi connectivity index (χ3v) is 6.71. The maximum atomic E-state index is 13.0. The fourth-order valence-corrected chi connectivity index (χ4v) is 4.89. The number of aromatic hydroxyl groups is 1. The van der Waals surface area contributed by atoms with Gasteiger partial charge in [-0.15, -0.1) is 0 Å². The van der Waals surface area contributed by atoms with Crippen molar-refractivity contribution in [2.45, 2.75) is 18.9 Å². The highest BCUT2D eigenvalue weighted by atomic mass is 16.5. The molecule has 0 aliphatic heterocycles. The van der Waals surface area contributed by atoms with Crippen LogP contribution < -0.4 is 10.1 Å². The molecule has 0 saturated heterocycles. The fraction of sp³-hybridized carbons (Fsp3) is 0.138. The third-order valence-electron chi connectivity index (χ3n) is 6.71. The number of amides is 1. The number of H-pyrrole nitrogens is 1. The number of aromatic amines is 1. The van der Waals surface area contributed by atoms with Gasteiger partial charge in [0.15, 0.2) is 0 Å². The van der Waals surface area contributed by atoms with Crippen molar-refractivity contribution in [3.63, 3.8) is 0 Å². The molecule has 7 nitrogen and oxygen atoms in total. The Balaban J connectivity index is 1.30. The van der Waals surface area contributed by atoms with Crippen molar-refractivity contribution < 1.29 is 14.6 Å². The Morgan fingerprint density at radius 2 is 1.94 bits per heavy atom. The van der Waals surface area contributed by atoms with Crippen molar-refractivity contribution in [2.24, 2.45) is 0 Å². The molecule has 178 valence electrons. The SMILES string of the molecule is COc1ncccc1-c1ccc(O)c(-c2nc3ccc(C(=O)NC4CCc5ccccc54)cc3[nH]2)c1. The summed E-state index contributed by atoms with van der Waals surface area (Å²) >= 11 is 0. The average Bonchev–Trinajstić information content (AvgIpc) is 3.52. The molecule has 0 spiro atoms. The Morgan fingerprint density at radius 3 is 2.83 bits per heavy atom. The van der Waals surface area contributed by atoms with Gasteiger partial charge in [0.25, 0.3) is 5.91 Å². The standard InChI is InChI=1S/C29H24N4O3/c1-36-29-21(7-4-14-30-29)18-10-13-26(34)22(15-18)27-31-24-12-9-19(16-25(24)32-27)28(35)33-23-11-8-17-5-2-3-6-20(17)23/h2-7,9-10,12-16,23,34H,8,11H2,1H3,(H,31,32)(H,33,35). The summed E-state index contributed by atoms with van der Waals surface area (Å²) in [5.74, 6) is 0.982. The van der Waals surface area contributed by atoms with E-state index in [-0.39, 0.29) is 17.7 Å². The summed E-state index contributed by atoms with van der Waals surface area (Å²) in [6.45, 7) is 0. The molecular weight excluding hydrogens is 452 g/mol. The zero-order valence-corrected chi connectivity index (χ0v) is 19.7. The summed E-state index contributed by atoms with van der Waals surface area (Å²) in [7, 11) is 1.58. The molecule has 2 aromatic heterocycles. The monoisotopic (exact) mass is 476 g/mol. The van der Waals surface area contributed by atoms with Crippen LogP contribution in [0.5, 0.6) is 11.6 Å². The molecule has 3 N–H and O–H groups in total. The lowest BCUT2D eigenvalue weighted by atomic mass is 10.0. The van der Waals surface area contributed by atoms with Crippen LogP contribution in [0, 0.1) is 0 Å². The van der Waals surface area contributed by atoms with Crippen LogP contribution in [-0.2, 0) is 6.42 Å². The molecule has 1 unspecified atom stereocenters. The van der Waals surface area contributed by atoms with E-state index in [9.17, 15) is 9.90 Å². The van der Waals surface area contributed by atoms with Crippen molar-refractivity contribution in [3.8, 4) is 34.1 Å². The maximum absolute atomic E-state index is 13.0. The molecule has 3 aromatic carbocycles. The van der Waals surface area contributed by atoms with Crippen LogP contribution >= 0.6 is 0 Å². The minimum absolute atomic E-state index is 0.0193. The molecule has 7 heteroatoms. The summed E-state index contributed by atoms with van der Waals surface area (Å²) in [5.41, 5.74) is 6.65. The minimum atomic E-state index is -0.122. The number of phenols is 1. The van der Waals surface area contributed by atoms with E-state index in [1.807, 2.05) is 42.5 Å². The summed E-state index contributed by atoms with van der Waals surface area (Å²) in [4.78, 5) is 25.2. The van der Waals surface area contributed by atoms with Crippen LogP contribution in [0.1, 0.15) is 33.9 Å². The van der Waals surface area contributed by atoms with Gasteiger partial charge in [0, 0.05) is 17.3 Å². The number of aromatic nitrogens is 3. The second-order valence-electron chi connectivity index (χ2n) is 8.87. The smallest absolute Gasteiger partial charge is 0.251 e. The van der Waals surface area contributed by atoms with Gasteiger partial charge in [-0.3, -0.25) is 4.79 Å². The Hall–Kier alpha value is -4.65. The number of phenolic OH excluding ortho intramolecular Hbond substituents is 1. The molecule has 0 bridgehead atoms.